The van der Waals surface area contributed by atoms with Crippen LogP contribution in [0.15, 0.2) is 30.3 Å². The standard InChI is InChI=1S/C19H23N5O2/c1-13-20-19-16(11-14-5-3-2-4-6-14)23(9-10-24(19)22-13)18(26)12-15-7-8-17(25)21-15/h2-6,15-16H,7-12H2,1H3,(H,21,25)/t15-,16+/m1/s1. The molecule has 136 valence electrons. The summed E-state index contributed by atoms with van der Waals surface area (Å²) >= 11 is 0. The fraction of sp³-hybridized carbons (Fsp3) is 0.474. The highest BCUT2D eigenvalue weighted by Crippen LogP contribution is 2.29. The SMILES string of the molecule is Cc1nc2n(n1)CCN(C(=O)C[C@H]1CCC(=O)N1)[C@H]2Cc1ccccc1. The molecule has 0 radical (unpaired) electrons. The average molecular weight is 353 g/mol. The molecule has 1 aromatic heterocycles. The number of carbonyl (C=O) groups excluding carboxylic acids is 2. The monoisotopic (exact) mass is 353 g/mol. The van der Waals surface area contributed by atoms with Crippen LogP contribution in [-0.2, 0) is 22.6 Å². The molecule has 2 aliphatic rings. The summed E-state index contributed by atoms with van der Waals surface area (Å²) in [6, 6.07) is 9.97. The number of aromatic nitrogens is 3. The molecule has 1 aromatic carbocycles. The number of nitrogens with zero attached hydrogens (tertiary/aromatic N) is 4. The Morgan fingerprint density at radius 1 is 1.27 bits per heavy atom. The van der Waals surface area contributed by atoms with Gasteiger partial charge in [-0.15, -0.1) is 0 Å². The van der Waals surface area contributed by atoms with Crippen LogP contribution in [0.5, 0.6) is 0 Å². The van der Waals surface area contributed by atoms with Crippen molar-refractivity contribution in [3.8, 4) is 0 Å². The molecule has 7 nitrogen and oxygen atoms in total. The van der Waals surface area contributed by atoms with Crippen molar-refractivity contribution in [3.05, 3.63) is 47.5 Å². The Morgan fingerprint density at radius 2 is 2.08 bits per heavy atom. The molecule has 4 rings (SSSR count). The van der Waals surface area contributed by atoms with E-state index in [-0.39, 0.29) is 23.9 Å². The zero-order valence-electron chi connectivity index (χ0n) is 14.9. The zero-order chi connectivity index (χ0) is 18.1. The van der Waals surface area contributed by atoms with Crippen LogP contribution in [0.25, 0.3) is 0 Å². The summed E-state index contributed by atoms with van der Waals surface area (Å²) in [6.07, 6.45) is 2.31. The van der Waals surface area contributed by atoms with Gasteiger partial charge in [0.2, 0.25) is 11.8 Å². The molecule has 26 heavy (non-hydrogen) atoms. The van der Waals surface area contributed by atoms with E-state index in [1.165, 1.54) is 5.56 Å². The van der Waals surface area contributed by atoms with E-state index < -0.39 is 0 Å². The molecule has 0 aliphatic carbocycles. The number of benzene rings is 1. The zero-order valence-corrected chi connectivity index (χ0v) is 14.9. The third-order valence-electron chi connectivity index (χ3n) is 5.13. The Labute approximate surface area is 152 Å². The van der Waals surface area contributed by atoms with Crippen molar-refractivity contribution in [1.29, 1.82) is 0 Å². The number of aryl methyl sites for hydroxylation is 1. The van der Waals surface area contributed by atoms with E-state index in [4.69, 9.17) is 0 Å². The van der Waals surface area contributed by atoms with E-state index in [1.54, 1.807) is 0 Å². The number of hydrogen-bond donors (Lipinski definition) is 1. The maximum Gasteiger partial charge on any atom is 0.225 e. The Hall–Kier alpha value is -2.70. The van der Waals surface area contributed by atoms with Crippen LogP contribution < -0.4 is 5.32 Å². The molecular formula is C19H23N5O2. The van der Waals surface area contributed by atoms with Crippen LogP contribution in [0.4, 0.5) is 0 Å². The number of rotatable bonds is 4. The molecule has 0 spiro atoms. The molecule has 1 N–H and O–H groups in total. The van der Waals surface area contributed by atoms with E-state index in [2.05, 4.69) is 27.5 Å². The van der Waals surface area contributed by atoms with Crippen LogP contribution in [-0.4, -0.2) is 44.1 Å². The van der Waals surface area contributed by atoms with Gasteiger partial charge in [0.15, 0.2) is 0 Å². The molecule has 0 bridgehead atoms. The maximum absolute atomic E-state index is 13.0. The number of carbonyl (C=O) groups is 2. The smallest absolute Gasteiger partial charge is 0.225 e. The Kier molecular flexibility index (Phi) is 4.44. The van der Waals surface area contributed by atoms with E-state index in [0.717, 1.165) is 18.1 Å². The molecule has 2 aromatic rings. The first-order chi connectivity index (χ1) is 12.6. The minimum absolute atomic E-state index is 0.0395. The molecule has 2 amide bonds. The number of amides is 2. The Balaban J connectivity index is 1.57. The molecule has 1 saturated heterocycles. The molecule has 3 heterocycles. The van der Waals surface area contributed by atoms with Crippen LogP contribution in [0.3, 0.4) is 0 Å². The van der Waals surface area contributed by atoms with Crippen molar-refractivity contribution in [1.82, 2.24) is 25.0 Å². The van der Waals surface area contributed by atoms with Crippen molar-refractivity contribution >= 4 is 11.8 Å². The molecular weight excluding hydrogens is 330 g/mol. The minimum Gasteiger partial charge on any atom is -0.353 e. The van der Waals surface area contributed by atoms with Gasteiger partial charge in [-0.05, 0) is 18.9 Å². The van der Waals surface area contributed by atoms with Gasteiger partial charge in [0.25, 0.3) is 0 Å². The molecule has 1 fully saturated rings. The molecule has 7 heteroatoms. The third-order valence-corrected chi connectivity index (χ3v) is 5.13. The second-order valence-electron chi connectivity index (χ2n) is 7.04. The van der Waals surface area contributed by atoms with Crippen molar-refractivity contribution in [2.45, 2.75) is 51.2 Å². The highest BCUT2D eigenvalue weighted by molar-refractivity contribution is 5.82. The fourth-order valence-electron chi connectivity index (χ4n) is 3.88. The first kappa shape index (κ1) is 16.8. The summed E-state index contributed by atoms with van der Waals surface area (Å²) < 4.78 is 1.92. The normalized spacial score (nSPS) is 22.2. The van der Waals surface area contributed by atoms with Crippen LogP contribution in [0, 0.1) is 6.92 Å². The van der Waals surface area contributed by atoms with Gasteiger partial charge in [0.1, 0.15) is 11.6 Å². The molecule has 2 aliphatic heterocycles. The minimum atomic E-state index is -0.128. The molecule has 2 atom stereocenters. The largest absolute Gasteiger partial charge is 0.353 e. The average Bonchev–Trinajstić information content (AvgIpc) is 3.20. The first-order valence-electron chi connectivity index (χ1n) is 9.14. The van der Waals surface area contributed by atoms with E-state index in [0.29, 0.717) is 32.4 Å². The Morgan fingerprint density at radius 3 is 2.81 bits per heavy atom. The summed E-state index contributed by atoms with van der Waals surface area (Å²) in [4.78, 5) is 30.9. The second kappa shape index (κ2) is 6.90. The highest BCUT2D eigenvalue weighted by atomic mass is 16.2. The van der Waals surface area contributed by atoms with Crippen LogP contribution >= 0.6 is 0 Å². The van der Waals surface area contributed by atoms with Crippen molar-refractivity contribution in [3.63, 3.8) is 0 Å². The van der Waals surface area contributed by atoms with Gasteiger partial charge < -0.3 is 10.2 Å². The second-order valence-corrected chi connectivity index (χ2v) is 7.04. The van der Waals surface area contributed by atoms with Crippen molar-refractivity contribution in [2.75, 3.05) is 6.54 Å². The van der Waals surface area contributed by atoms with Gasteiger partial charge in [0, 0.05) is 31.8 Å². The van der Waals surface area contributed by atoms with Gasteiger partial charge in [-0.1, -0.05) is 30.3 Å². The van der Waals surface area contributed by atoms with Crippen LogP contribution in [0.2, 0.25) is 0 Å². The van der Waals surface area contributed by atoms with E-state index in [1.807, 2.05) is 34.7 Å². The third kappa shape index (κ3) is 3.34. The van der Waals surface area contributed by atoms with Crippen molar-refractivity contribution < 1.29 is 9.59 Å². The van der Waals surface area contributed by atoms with Gasteiger partial charge in [-0.2, -0.15) is 5.10 Å². The number of nitrogens with one attached hydrogen (secondary N) is 1. The topological polar surface area (TPSA) is 80.1 Å². The summed E-state index contributed by atoms with van der Waals surface area (Å²) in [6.45, 7) is 3.15. The lowest BCUT2D eigenvalue weighted by atomic mass is 10.0. The van der Waals surface area contributed by atoms with Gasteiger partial charge in [-0.25, -0.2) is 9.67 Å². The maximum atomic E-state index is 13.0. The predicted octanol–water partition coefficient (Wildman–Crippen LogP) is 1.38. The van der Waals surface area contributed by atoms with Crippen LogP contribution in [0.1, 0.15) is 42.5 Å². The van der Waals surface area contributed by atoms with Gasteiger partial charge in [-0.3, -0.25) is 9.59 Å². The Bertz CT molecular complexity index is 817. The predicted molar refractivity (Wildman–Crippen MR) is 95.1 cm³/mol. The highest BCUT2D eigenvalue weighted by Gasteiger charge is 2.35. The number of fused-ring (bicyclic) bond motifs is 1. The lowest BCUT2D eigenvalue weighted by Gasteiger charge is -2.36. The fourth-order valence-corrected chi connectivity index (χ4v) is 3.88. The lowest BCUT2D eigenvalue weighted by molar-refractivity contribution is -0.135. The van der Waals surface area contributed by atoms with Gasteiger partial charge in [0.05, 0.1) is 12.6 Å². The van der Waals surface area contributed by atoms with E-state index in [9.17, 15) is 9.59 Å². The molecule has 0 unspecified atom stereocenters. The van der Waals surface area contributed by atoms with Crippen molar-refractivity contribution in [2.24, 2.45) is 0 Å². The van der Waals surface area contributed by atoms with Gasteiger partial charge >= 0.3 is 0 Å². The lowest BCUT2D eigenvalue weighted by Crippen LogP contribution is -2.45. The summed E-state index contributed by atoms with van der Waals surface area (Å²) in [5.41, 5.74) is 1.17. The quantitative estimate of drug-likeness (QED) is 0.901. The summed E-state index contributed by atoms with van der Waals surface area (Å²) in [5, 5.41) is 7.35. The first-order valence-corrected chi connectivity index (χ1v) is 9.14. The summed E-state index contributed by atoms with van der Waals surface area (Å²) in [7, 11) is 0. The number of hydrogen-bond acceptors (Lipinski definition) is 4. The molecule has 0 saturated carbocycles. The summed E-state index contributed by atoms with van der Waals surface area (Å²) in [5.74, 6) is 1.69. The van der Waals surface area contributed by atoms with E-state index >= 15 is 0 Å².